The average Bonchev–Trinajstić information content (AvgIpc) is 2.78. The summed E-state index contributed by atoms with van der Waals surface area (Å²) in [6, 6.07) is 13.6. The molecular formula is C24H31BrN4O3. The van der Waals surface area contributed by atoms with Crippen LogP contribution < -0.4 is 20.4 Å². The fraction of sp³-hybridized carbons (Fsp3) is 0.375. The van der Waals surface area contributed by atoms with Gasteiger partial charge in [-0.2, -0.15) is 5.10 Å². The van der Waals surface area contributed by atoms with Gasteiger partial charge in [0.05, 0.1) is 6.42 Å². The molecule has 2 aromatic rings. The van der Waals surface area contributed by atoms with E-state index in [2.05, 4.69) is 62.7 Å². The van der Waals surface area contributed by atoms with E-state index < -0.39 is 5.91 Å². The van der Waals surface area contributed by atoms with Crippen LogP contribution in [-0.4, -0.2) is 37.2 Å². The number of halogens is 1. The van der Waals surface area contributed by atoms with E-state index in [1.807, 2.05) is 31.2 Å². The number of hydrogen-bond acceptors (Lipinski definition) is 5. The summed E-state index contributed by atoms with van der Waals surface area (Å²) < 4.78 is 6.43. The van der Waals surface area contributed by atoms with Crippen LogP contribution in [0, 0.1) is 6.92 Å². The second-order valence-electron chi connectivity index (χ2n) is 7.37. The first-order chi connectivity index (χ1) is 15.3. The zero-order valence-electron chi connectivity index (χ0n) is 19.1. The largest absolute Gasteiger partial charge is 0.484 e. The van der Waals surface area contributed by atoms with E-state index in [1.165, 1.54) is 5.69 Å². The highest BCUT2D eigenvalue weighted by molar-refractivity contribution is 9.10. The Bertz CT molecular complexity index is 941. The topological polar surface area (TPSA) is 83.0 Å². The first-order valence-corrected chi connectivity index (χ1v) is 11.4. The van der Waals surface area contributed by atoms with Gasteiger partial charge in [0.25, 0.3) is 5.91 Å². The Kier molecular flexibility index (Phi) is 10.2. The van der Waals surface area contributed by atoms with Crippen molar-refractivity contribution in [3.63, 3.8) is 0 Å². The molecule has 0 saturated heterocycles. The fourth-order valence-corrected chi connectivity index (χ4v) is 3.24. The number of anilines is 1. The first kappa shape index (κ1) is 25.4. The lowest BCUT2D eigenvalue weighted by atomic mass is 10.2. The van der Waals surface area contributed by atoms with Gasteiger partial charge in [0.1, 0.15) is 5.75 Å². The molecule has 0 aliphatic rings. The number of carbonyl (C=O) groups is 2. The summed E-state index contributed by atoms with van der Waals surface area (Å²) in [6.45, 7) is 10.1. The zero-order chi connectivity index (χ0) is 23.5. The van der Waals surface area contributed by atoms with Crippen molar-refractivity contribution >= 4 is 39.1 Å². The smallest absolute Gasteiger partial charge is 0.277 e. The van der Waals surface area contributed by atoms with Gasteiger partial charge in [-0.1, -0.05) is 28.1 Å². The molecule has 7 nitrogen and oxygen atoms in total. The van der Waals surface area contributed by atoms with Crippen molar-refractivity contribution in [2.75, 3.05) is 24.6 Å². The van der Waals surface area contributed by atoms with Crippen LogP contribution in [0.3, 0.4) is 0 Å². The van der Waals surface area contributed by atoms with Crippen molar-refractivity contribution in [2.45, 2.75) is 40.7 Å². The minimum atomic E-state index is -0.390. The Labute approximate surface area is 198 Å². The summed E-state index contributed by atoms with van der Waals surface area (Å²) in [7, 11) is 0. The number of nitrogens with zero attached hydrogens (tertiary/aromatic N) is 2. The van der Waals surface area contributed by atoms with Gasteiger partial charge in [-0.25, -0.2) is 5.43 Å². The minimum absolute atomic E-state index is 0.102. The van der Waals surface area contributed by atoms with E-state index in [0.717, 1.165) is 28.7 Å². The summed E-state index contributed by atoms with van der Waals surface area (Å²) in [5, 5.41) is 6.85. The first-order valence-electron chi connectivity index (χ1n) is 10.6. The molecule has 0 spiro atoms. The molecule has 0 saturated carbocycles. The number of nitrogens with one attached hydrogen (secondary N) is 2. The molecule has 0 radical (unpaired) electrons. The minimum Gasteiger partial charge on any atom is -0.484 e. The number of ether oxygens (including phenoxy) is 1. The second kappa shape index (κ2) is 12.9. The second-order valence-corrected chi connectivity index (χ2v) is 8.23. The van der Waals surface area contributed by atoms with Crippen LogP contribution in [0.5, 0.6) is 5.75 Å². The van der Waals surface area contributed by atoms with Crippen molar-refractivity contribution in [1.82, 2.24) is 10.7 Å². The maximum absolute atomic E-state index is 12.2. The number of benzene rings is 2. The fourth-order valence-electron chi connectivity index (χ4n) is 2.99. The molecule has 0 bridgehead atoms. The SMILES string of the molecule is CCN(CC)c1ccc(CNC(=O)C/C(C)=N\NC(=O)COc2ccc(Br)c(C)c2)cc1. The third kappa shape index (κ3) is 8.34. The summed E-state index contributed by atoms with van der Waals surface area (Å²) in [5.74, 6) is 0.0552. The monoisotopic (exact) mass is 502 g/mol. The lowest BCUT2D eigenvalue weighted by Gasteiger charge is -2.21. The Morgan fingerprint density at radius 1 is 1.06 bits per heavy atom. The molecule has 0 unspecified atom stereocenters. The van der Waals surface area contributed by atoms with E-state index in [9.17, 15) is 9.59 Å². The van der Waals surface area contributed by atoms with E-state index >= 15 is 0 Å². The van der Waals surface area contributed by atoms with Crippen molar-refractivity contribution in [3.8, 4) is 5.75 Å². The lowest BCUT2D eigenvalue weighted by Crippen LogP contribution is -2.28. The Balaban J connectivity index is 1.73. The van der Waals surface area contributed by atoms with Crippen LogP contribution >= 0.6 is 15.9 Å². The molecule has 0 fully saturated rings. The zero-order valence-corrected chi connectivity index (χ0v) is 20.7. The third-order valence-electron chi connectivity index (χ3n) is 4.84. The number of aryl methyl sites for hydroxylation is 1. The number of hydrazone groups is 1. The number of carbonyl (C=O) groups excluding carboxylic acids is 2. The molecule has 2 amide bonds. The number of amides is 2. The quantitative estimate of drug-likeness (QED) is 0.356. The average molecular weight is 503 g/mol. The van der Waals surface area contributed by atoms with Crippen LogP contribution in [0.4, 0.5) is 5.69 Å². The van der Waals surface area contributed by atoms with E-state index in [1.54, 1.807) is 13.0 Å². The van der Waals surface area contributed by atoms with E-state index in [-0.39, 0.29) is 18.9 Å². The molecule has 0 aliphatic heterocycles. The van der Waals surface area contributed by atoms with E-state index in [0.29, 0.717) is 18.0 Å². The molecule has 0 atom stereocenters. The highest BCUT2D eigenvalue weighted by atomic mass is 79.9. The van der Waals surface area contributed by atoms with Gasteiger partial charge in [-0.15, -0.1) is 0 Å². The van der Waals surface area contributed by atoms with Gasteiger partial charge >= 0.3 is 0 Å². The van der Waals surface area contributed by atoms with Crippen molar-refractivity contribution < 1.29 is 14.3 Å². The van der Waals surface area contributed by atoms with E-state index in [4.69, 9.17) is 4.74 Å². The van der Waals surface area contributed by atoms with Gasteiger partial charge in [-0.3, -0.25) is 9.59 Å². The number of hydrogen-bond donors (Lipinski definition) is 2. The van der Waals surface area contributed by atoms with Crippen molar-refractivity contribution in [2.24, 2.45) is 5.10 Å². The molecule has 8 heteroatoms. The van der Waals surface area contributed by atoms with Crippen LogP contribution in [0.1, 0.15) is 38.3 Å². The van der Waals surface area contributed by atoms with Gasteiger partial charge < -0.3 is 15.0 Å². The van der Waals surface area contributed by atoms with Crippen LogP contribution in [0.15, 0.2) is 52.0 Å². The summed E-state index contributed by atoms with van der Waals surface area (Å²) in [4.78, 5) is 26.4. The maximum Gasteiger partial charge on any atom is 0.277 e. The van der Waals surface area contributed by atoms with Crippen LogP contribution in [-0.2, 0) is 16.1 Å². The van der Waals surface area contributed by atoms with Crippen LogP contribution in [0.2, 0.25) is 0 Å². The molecule has 2 rings (SSSR count). The molecule has 32 heavy (non-hydrogen) atoms. The normalized spacial score (nSPS) is 11.1. The molecule has 2 N–H and O–H groups in total. The summed E-state index contributed by atoms with van der Waals surface area (Å²) in [6.07, 6.45) is 0.102. The van der Waals surface area contributed by atoms with Crippen molar-refractivity contribution in [1.29, 1.82) is 0 Å². The molecular weight excluding hydrogens is 472 g/mol. The highest BCUT2D eigenvalue weighted by Gasteiger charge is 2.07. The third-order valence-corrected chi connectivity index (χ3v) is 5.73. The Morgan fingerprint density at radius 2 is 1.75 bits per heavy atom. The molecule has 172 valence electrons. The Morgan fingerprint density at radius 3 is 2.38 bits per heavy atom. The summed E-state index contributed by atoms with van der Waals surface area (Å²) in [5.41, 5.74) is 6.13. The predicted molar refractivity (Wildman–Crippen MR) is 132 cm³/mol. The standard InChI is InChI=1S/C24H31BrN4O3/c1-5-29(6-2)20-9-7-19(8-10-20)15-26-23(30)14-18(4)27-28-24(31)16-32-21-11-12-22(25)17(3)13-21/h7-13H,5-6,14-16H2,1-4H3,(H,26,30)(H,28,31)/b27-18-. The molecule has 2 aromatic carbocycles. The molecule has 0 aromatic heterocycles. The predicted octanol–water partition coefficient (Wildman–Crippen LogP) is 4.18. The summed E-state index contributed by atoms with van der Waals surface area (Å²) >= 11 is 3.42. The van der Waals surface area contributed by atoms with Crippen molar-refractivity contribution in [3.05, 3.63) is 58.1 Å². The maximum atomic E-state index is 12.2. The van der Waals surface area contributed by atoms with Crippen LogP contribution in [0.25, 0.3) is 0 Å². The highest BCUT2D eigenvalue weighted by Crippen LogP contribution is 2.21. The van der Waals surface area contributed by atoms with Gasteiger partial charge in [-0.05, 0) is 69.2 Å². The number of rotatable bonds is 11. The lowest BCUT2D eigenvalue weighted by molar-refractivity contribution is -0.123. The van der Waals surface area contributed by atoms with Gasteiger partial charge in [0.15, 0.2) is 6.61 Å². The molecule has 0 heterocycles. The van der Waals surface area contributed by atoms with Gasteiger partial charge in [0, 0.05) is 35.5 Å². The van der Waals surface area contributed by atoms with Gasteiger partial charge in [0.2, 0.25) is 5.91 Å². The Hall–Kier alpha value is -2.87. The molecule has 0 aliphatic carbocycles.